The predicted octanol–water partition coefficient (Wildman–Crippen LogP) is 2.71. The molecular weight excluding hydrogens is 254 g/mol. The van der Waals surface area contributed by atoms with E-state index < -0.39 is 6.04 Å². The molecule has 0 fully saturated rings. The first-order valence-corrected chi connectivity index (χ1v) is 6.62. The van der Waals surface area contributed by atoms with E-state index in [4.69, 9.17) is 9.15 Å². The summed E-state index contributed by atoms with van der Waals surface area (Å²) in [5.41, 5.74) is 0.894. The Morgan fingerprint density at radius 2 is 2.00 bits per heavy atom. The summed E-state index contributed by atoms with van der Waals surface area (Å²) in [4.78, 5) is 11.9. The zero-order valence-corrected chi connectivity index (χ0v) is 11.7. The molecule has 2 unspecified atom stereocenters. The van der Waals surface area contributed by atoms with E-state index in [0.29, 0.717) is 6.42 Å². The summed E-state index contributed by atoms with van der Waals surface area (Å²) >= 11 is 0. The van der Waals surface area contributed by atoms with Crippen LogP contribution in [0.2, 0.25) is 0 Å². The first-order chi connectivity index (χ1) is 9.70. The van der Waals surface area contributed by atoms with Gasteiger partial charge in [0.15, 0.2) is 0 Å². The van der Waals surface area contributed by atoms with E-state index in [1.165, 1.54) is 7.11 Å². The van der Waals surface area contributed by atoms with Crippen LogP contribution >= 0.6 is 0 Å². The van der Waals surface area contributed by atoms with Crippen LogP contribution in [0.4, 0.5) is 0 Å². The highest BCUT2D eigenvalue weighted by molar-refractivity contribution is 5.77. The molecule has 0 spiro atoms. The van der Waals surface area contributed by atoms with Gasteiger partial charge in [-0.05, 0) is 24.6 Å². The maximum atomic E-state index is 11.9. The zero-order valence-electron chi connectivity index (χ0n) is 11.7. The molecule has 0 aliphatic carbocycles. The number of esters is 1. The van der Waals surface area contributed by atoms with Crippen LogP contribution in [0.25, 0.3) is 0 Å². The van der Waals surface area contributed by atoms with E-state index in [-0.39, 0.29) is 12.0 Å². The molecule has 1 N–H and O–H groups in total. The summed E-state index contributed by atoms with van der Waals surface area (Å²) in [6.45, 7) is 2.02. The third-order valence-corrected chi connectivity index (χ3v) is 3.11. The van der Waals surface area contributed by atoms with Gasteiger partial charge in [0.25, 0.3) is 0 Å². The maximum absolute atomic E-state index is 11.9. The van der Waals surface area contributed by atoms with Crippen molar-refractivity contribution in [2.24, 2.45) is 0 Å². The van der Waals surface area contributed by atoms with E-state index in [1.54, 1.807) is 6.26 Å². The van der Waals surface area contributed by atoms with Gasteiger partial charge in [-0.2, -0.15) is 0 Å². The van der Waals surface area contributed by atoms with Crippen LogP contribution in [0.3, 0.4) is 0 Å². The van der Waals surface area contributed by atoms with Crippen molar-refractivity contribution in [1.29, 1.82) is 0 Å². The second-order valence-electron chi connectivity index (χ2n) is 4.72. The van der Waals surface area contributed by atoms with E-state index in [9.17, 15) is 4.79 Å². The smallest absolute Gasteiger partial charge is 0.327 e. The molecule has 1 heterocycles. The second kappa shape index (κ2) is 6.91. The summed E-state index contributed by atoms with van der Waals surface area (Å²) in [7, 11) is 1.40. The molecule has 1 aromatic carbocycles. The third-order valence-electron chi connectivity index (χ3n) is 3.11. The van der Waals surface area contributed by atoms with Gasteiger partial charge in [0.2, 0.25) is 0 Å². The van der Waals surface area contributed by atoms with E-state index in [1.807, 2.05) is 49.4 Å². The zero-order chi connectivity index (χ0) is 14.4. The molecule has 2 atom stereocenters. The van der Waals surface area contributed by atoms with Crippen molar-refractivity contribution in [3.05, 3.63) is 60.1 Å². The fraction of sp³-hybridized carbons (Fsp3) is 0.312. The van der Waals surface area contributed by atoms with Crippen LogP contribution in [0, 0.1) is 0 Å². The van der Waals surface area contributed by atoms with Gasteiger partial charge in [0.1, 0.15) is 11.8 Å². The van der Waals surface area contributed by atoms with Crippen LogP contribution < -0.4 is 5.32 Å². The number of carbonyl (C=O) groups excluding carboxylic acids is 1. The minimum absolute atomic E-state index is 0.0884. The molecule has 0 aliphatic heterocycles. The fourth-order valence-corrected chi connectivity index (χ4v) is 2.14. The Balaban J connectivity index is 2.06. The number of benzene rings is 1. The van der Waals surface area contributed by atoms with E-state index in [2.05, 4.69) is 5.32 Å². The monoisotopic (exact) mass is 273 g/mol. The average Bonchev–Trinajstić information content (AvgIpc) is 2.97. The molecule has 0 amide bonds. The number of carbonyl (C=O) groups is 1. The Morgan fingerprint density at radius 1 is 1.25 bits per heavy atom. The Labute approximate surface area is 118 Å². The third kappa shape index (κ3) is 3.71. The quantitative estimate of drug-likeness (QED) is 0.822. The number of furan rings is 1. The summed E-state index contributed by atoms with van der Waals surface area (Å²) in [6.07, 6.45) is 2.37. The predicted molar refractivity (Wildman–Crippen MR) is 76.2 cm³/mol. The van der Waals surface area contributed by atoms with Crippen LogP contribution in [-0.2, 0) is 16.0 Å². The number of hydrogen-bond donors (Lipinski definition) is 1. The average molecular weight is 273 g/mol. The molecule has 1 aromatic heterocycles. The van der Waals surface area contributed by atoms with Crippen LogP contribution in [0.1, 0.15) is 24.3 Å². The molecule has 4 nitrogen and oxygen atoms in total. The topological polar surface area (TPSA) is 51.5 Å². The first-order valence-electron chi connectivity index (χ1n) is 6.62. The Kier molecular flexibility index (Phi) is 4.96. The minimum atomic E-state index is -0.467. The van der Waals surface area contributed by atoms with Crippen LogP contribution in [0.5, 0.6) is 0 Å². The lowest BCUT2D eigenvalue weighted by atomic mass is 10.1. The van der Waals surface area contributed by atoms with Gasteiger partial charge in [-0.25, -0.2) is 4.79 Å². The highest BCUT2D eigenvalue weighted by Crippen LogP contribution is 2.16. The Hall–Kier alpha value is -2.07. The maximum Gasteiger partial charge on any atom is 0.327 e. The van der Waals surface area contributed by atoms with Crippen molar-refractivity contribution in [3.8, 4) is 0 Å². The number of rotatable bonds is 6. The van der Waals surface area contributed by atoms with Gasteiger partial charge in [-0.15, -0.1) is 0 Å². The number of hydrogen-bond acceptors (Lipinski definition) is 4. The second-order valence-corrected chi connectivity index (χ2v) is 4.72. The normalized spacial score (nSPS) is 13.7. The van der Waals surface area contributed by atoms with Gasteiger partial charge >= 0.3 is 5.97 Å². The van der Waals surface area contributed by atoms with Crippen molar-refractivity contribution in [1.82, 2.24) is 5.32 Å². The van der Waals surface area contributed by atoms with Gasteiger partial charge in [0, 0.05) is 12.5 Å². The lowest BCUT2D eigenvalue weighted by Gasteiger charge is -2.21. The molecule has 106 valence electrons. The van der Waals surface area contributed by atoms with Crippen molar-refractivity contribution in [3.63, 3.8) is 0 Å². The molecule has 2 aromatic rings. The number of ether oxygens (including phenoxy) is 1. The molecule has 2 rings (SSSR count). The molecule has 0 aliphatic rings. The first kappa shape index (κ1) is 14.3. The Bertz CT molecular complexity index is 522. The number of nitrogens with one attached hydrogen (secondary N) is 1. The molecule has 0 saturated carbocycles. The molecule has 0 radical (unpaired) electrons. The molecule has 4 heteroatoms. The molecular formula is C16H19NO3. The summed E-state index contributed by atoms with van der Waals surface area (Å²) in [6, 6.07) is 13.0. The van der Waals surface area contributed by atoms with E-state index in [0.717, 1.165) is 11.3 Å². The standard InChI is InChI=1S/C16H19NO3/c1-12(11-14-9-6-10-20-14)17-15(16(18)19-2)13-7-4-3-5-8-13/h3-10,12,15,17H,11H2,1-2H3. The van der Waals surface area contributed by atoms with Crippen molar-refractivity contribution < 1.29 is 13.9 Å². The largest absolute Gasteiger partial charge is 0.469 e. The summed E-state index contributed by atoms with van der Waals surface area (Å²) in [5, 5.41) is 3.29. The number of methoxy groups -OCH3 is 1. The summed E-state index contributed by atoms with van der Waals surface area (Å²) in [5.74, 6) is 0.601. The molecule has 0 saturated heterocycles. The van der Waals surface area contributed by atoms with Gasteiger partial charge in [0.05, 0.1) is 13.4 Å². The Morgan fingerprint density at radius 3 is 2.60 bits per heavy atom. The molecule has 0 bridgehead atoms. The lowest BCUT2D eigenvalue weighted by molar-refractivity contribution is -0.143. The van der Waals surface area contributed by atoms with Gasteiger partial charge < -0.3 is 9.15 Å². The van der Waals surface area contributed by atoms with Crippen molar-refractivity contribution in [2.45, 2.75) is 25.4 Å². The molecule has 20 heavy (non-hydrogen) atoms. The fourth-order valence-electron chi connectivity index (χ4n) is 2.14. The van der Waals surface area contributed by atoms with E-state index >= 15 is 0 Å². The van der Waals surface area contributed by atoms with Gasteiger partial charge in [-0.3, -0.25) is 5.32 Å². The lowest BCUT2D eigenvalue weighted by Crippen LogP contribution is -2.37. The SMILES string of the molecule is COC(=O)C(NC(C)Cc1ccco1)c1ccccc1. The van der Waals surface area contributed by atoms with Crippen molar-refractivity contribution in [2.75, 3.05) is 7.11 Å². The van der Waals surface area contributed by atoms with Gasteiger partial charge in [-0.1, -0.05) is 30.3 Å². The highest BCUT2D eigenvalue weighted by Gasteiger charge is 2.23. The van der Waals surface area contributed by atoms with Crippen LogP contribution in [-0.4, -0.2) is 19.1 Å². The minimum Gasteiger partial charge on any atom is -0.469 e. The highest BCUT2D eigenvalue weighted by atomic mass is 16.5. The summed E-state index contributed by atoms with van der Waals surface area (Å²) < 4.78 is 10.2. The van der Waals surface area contributed by atoms with Crippen molar-refractivity contribution >= 4 is 5.97 Å². The van der Waals surface area contributed by atoms with Crippen LogP contribution in [0.15, 0.2) is 53.1 Å².